The molecule has 312 valence electrons. The number of aromatic nitrogens is 2. The maximum atomic E-state index is 15.0. The number of benzene rings is 7. The Kier molecular flexibility index (Phi) is 9.05. The fourth-order valence-electron chi connectivity index (χ4n) is 9.02. The van der Waals surface area contributed by atoms with Gasteiger partial charge in [0.25, 0.3) is 0 Å². The first-order valence-corrected chi connectivity index (χ1v) is 20.5. The zero-order chi connectivity index (χ0) is 43.7. The average molecular weight is 854 g/mol. The van der Waals surface area contributed by atoms with Crippen molar-refractivity contribution in [3.05, 3.63) is 215 Å². The van der Waals surface area contributed by atoms with E-state index in [1.807, 2.05) is 109 Å². The van der Waals surface area contributed by atoms with Crippen LogP contribution in [0.4, 0.5) is 26.3 Å². The van der Waals surface area contributed by atoms with Crippen molar-refractivity contribution >= 4 is 66.7 Å². The molecule has 0 saturated carbocycles. The van der Waals surface area contributed by atoms with E-state index in [2.05, 4.69) is 56.9 Å². The first kappa shape index (κ1) is 39.0. The number of hydrogen-bond acceptors (Lipinski definition) is 3. The van der Waals surface area contributed by atoms with Crippen LogP contribution in [0, 0.1) is 0 Å². The van der Waals surface area contributed by atoms with Gasteiger partial charge in [0, 0.05) is 49.3 Å². The minimum Gasteiger partial charge on any atom is -0.324 e. The number of allylic oxidation sites excluding steroid dienone is 4. The smallest absolute Gasteiger partial charge is 0.324 e. The van der Waals surface area contributed by atoms with Crippen LogP contribution in [-0.4, -0.2) is 33.2 Å². The monoisotopic (exact) mass is 853 g/mol. The number of rotatable bonds is 4. The zero-order valence-corrected chi connectivity index (χ0v) is 33.6. The van der Waals surface area contributed by atoms with Gasteiger partial charge in [0.1, 0.15) is 11.7 Å². The van der Waals surface area contributed by atoms with Crippen LogP contribution in [-0.2, 0) is 0 Å². The lowest BCUT2D eigenvalue weighted by atomic mass is 9.90. The van der Waals surface area contributed by atoms with E-state index in [0.29, 0.717) is 28.5 Å². The van der Waals surface area contributed by atoms with Crippen LogP contribution in [0.1, 0.15) is 17.5 Å². The minimum absolute atomic E-state index is 0.0736. The molecular weight excluding hydrogens is 821 g/mol. The standard InChI is InChI=1S/C53H33F6N5/c54-52(55,56)34-23-26-38(44(29-34)53(57,58)59)37-27-24-35(30-43(37)51-61-49(32-13-3-1-4-14-32)60-50(62-51)33-15-5-2-6-16-33)64-47-22-12-9-19-41(47)42-28-25-36(31-48(42)64)63-45-20-10-7-17-39(45)40-18-8-11-21-46(40)63/h1-25,27-31H,26H2,(H,60,61,62). The normalized spacial score (nSPS) is 16.5. The van der Waals surface area contributed by atoms with E-state index in [-0.39, 0.29) is 27.9 Å². The van der Waals surface area contributed by atoms with Gasteiger partial charge in [-0.25, -0.2) is 9.98 Å². The predicted molar refractivity (Wildman–Crippen MR) is 243 cm³/mol. The summed E-state index contributed by atoms with van der Waals surface area (Å²) in [4.78, 5) is 9.82. The molecule has 11 heteroatoms. The van der Waals surface area contributed by atoms with E-state index < -0.39 is 29.9 Å². The van der Waals surface area contributed by atoms with Crippen molar-refractivity contribution in [1.29, 1.82) is 0 Å². The Bertz CT molecular complexity index is 3570. The lowest BCUT2D eigenvalue weighted by Crippen LogP contribution is -2.39. The molecule has 11 rings (SSSR count). The molecule has 0 radical (unpaired) electrons. The quantitative estimate of drug-likeness (QED) is 0.176. The lowest BCUT2D eigenvalue weighted by molar-refractivity contribution is -0.0938. The Morgan fingerprint density at radius 2 is 0.984 bits per heavy atom. The van der Waals surface area contributed by atoms with Gasteiger partial charge in [-0.1, -0.05) is 133 Å². The highest BCUT2D eigenvalue weighted by atomic mass is 19.4. The molecule has 5 nitrogen and oxygen atoms in total. The van der Waals surface area contributed by atoms with Crippen molar-refractivity contribution in [1.82, 2.24) is 14.5 Å². The van der Waals surface area contributed by atoms with Crippen molar-refractivity contribution in [3.8, 4) is 11.4 Å². The molecule has 0 saturated heterocycles. The summed E-state index contributed by atoms with van der Waals surface area (Å²) in [6.07, 6.45) is -9.69. The van der Waals surface area contributed by atoms with Crippen LogP contribution >= 0.6 is 0 Å². The van der Waals surface area contributed by atoms with Crippen molar-refractivity contribution < 1.29 is 26.3 Å². The maximum Gasteiger partial charge on any atom is 0.416 e. The molecule has 64 heavy (non-hydrogen) atoms. The van der Waals surface area contributed by atoms with Gasteiger partial charge in [-0.3, -0.25) is 0 Å². The highest BCUT2D eigenvalue weighted by Gasteiger charge is 2.42. The van der Waals surface area contributed by atoms with Crippen LogP contribution in [0.2, 0.25) is 0 Å². The number of nitrogens with zero attached hydrogens (tertiary/aromatic N) is 4. The summed E-state index contributed by atoms with van der Waals surface area (Å²) in [7, 11) is 0. The van der Waals surface area contributed by atoms with Gasteiger partial charge >= 0.3 is 12.4 Å². The van der Waals surface area contributed by atoms with E-state index in [4.69, 9.17) is 9.98 Å². The molecule has 0 bridgehead atoms. The number of aliphatic imine (C=N–C) groups is 2. The summed E-state index contributed by atoms with van der Waals surface area (Å²) in [5, 5.41) is 7.75. The van der Waals surface area contributed by atoms with E-state index in [1.165, 1.54) is 0 Å². The summed E-state index contributed by atoms with van der Waals surface area (Å²) in [5.74, 6) is 0.876. The molecule has 0 unspecified atom stereocenters. The summed E-state index contributed by atoms with van der Waals surface area (Å²) in [6.45, 7) is 0. The summed E-state index contributed by atoms with van der Waals surface area (Å²) < 4.78 is 91.4. The lowest BCUT2D eigenvalue weighted by Gasteiger charge is -2.22. The number of amidine groups is 2. The van der Waals surface area contributed by atoms with Gasteiger partial charge in [0.2, 0.25) is 0 Å². The Morgan fingerprint density at radius 3 is 1.58 bits per heavy atom. The van der Waals surface area contributed by atoms with Crippen LogP contribution in [0.5, 0.6) is 0 Å². The van der Waals surface area contributed by atoms with Crippen LogP contribution < -0.4 is 15.8 Å². The molecule has 2 aliphatic rings. The molecular formula is C53H33F6N5. The third-order valence-electron chi connectivity index (χ3n) is 11.9. The van der Waals surface area contributed by atoms with Gasteiger partial charge in [0.05, 0.1) is 33.2 Å². The number of halogens is 6. The molecule has 0 atom stereocenters. The van der Waals surface area contributed by atoms with Gasteiger partial charge < -0.3 is 14.5 Å². The zero-order valence-electron chi connectivity index (χ0n) is 33.6. The second-order valence-electron chi connectivity index (χ2n) is 15.7. The Hall–Kier alpha value is -7.92. The third-order valence-corrected chi connectivity index (χ3v) is 11.9. The molecule has 3 heterocycles. The fraction of sp³-hybridized carbons (Fsp3) is 0.0566. The number of hydrogen-bond donors (Lipinski definition) is 1. The van der Waals surface area contributed by atoms with Gasteiger partial charge in [-0.2, -0.15) is 26.3 Å². The summed E-state index contributed by atoms with van der Waals surface area (Å²) in [6, 6.07) is 54.1. The largest absolute Gasteiger partial charge is 0.416 e. The maximum absolute atomic E-state index is 15.0. The average Bonchev–Trinajstić information content (AvgIpc) is 3.83. The fourth-order valence-corrected chi connectivity index (χ4v) is 9.02. The van der Waals surface area contributed by atoms with E-state index in [1.54, 1.807) is 18.2 Å². The minimum atomic E-state index is -5.11. The van der Waals surface area contributed by atoms with E-state index in [9.17, 15) is 13.2 Å². The second-order valence-corrected chi connectivity index (χ2v) is 15.7. The number of alkyl halides is 6. The molecule has 1 aliphatic heterocycles. The molecule has 1 aliphatic carbocycles. The van der Waals surface area contributed by atoms with Crippen molar-refractivity contribution in [2.45, 2.75) is 18.8 Å². The first-order valence-electron chi connectivity index (χ1n) is 20.5. The Morgan fingerprint density at radius 1 is 0.469 bits per heavy atom. The highest BCUT2D eigenvalue weighted by Crippen LogP contribution is 2.41. The van der Waals surface area contributed by atoms with Crippen molar-refractivity contribution in [2.24, 2.45) is 9.98 Å². The van der Waals surface area contributed by atoms with Gasteiger partial charge in [0.15, 0.2) is 5.84 Å². The van der Waals surface area contributed by atoms with Crippen LogP contribution in [0.3, 0.4) is 0 Å². The third kappa shape index (κ3) is 6.59. The Balaban J connectivity index is 1.23. The molecule has 0 spiro atoms. The van der Waals surface area contributed by atoms with Crippen LogP contribution in [0.15, 0.2) is 203 Å². The summed E-state index contributed by atoms with van der Waals surface area (Å²) in [5.41, 5.74) is 3.55. The SMILES string of the molecule is FC(F)(F)C1=CCC(=c2ccc(-n3c4ccccc4c4ccc(-n5c6ccccc6c6ccccc65)cc43)cc2=C2N=C(c3ccccc3)N=C(c3ccccc3)N2)C(C(F)(F)F)=C1. The first-order chi connectivity index (χ1) is 31.0. The topological polar surface area (TPSA) is 46.6 Å². The number of fused-ring (bicyclic) bond motifs is 6. The second kappa shape index (κ2) is 14.9. The van der Waals surface area contributed by atoms with Crippen molar-refractivity contribution in [3.63, 3.8) is 0 Å². The number of para-hydroxylation sites is 3. The molecule has 0 fully saturated rings. The predicted octanol–water partition coefficient (Wildman–Crippen LogP) is 12.0. The summed E-state index contributed by atoms with van der Waals surface area (Å²) >= 11 is 0. The molecule has 9 aromatic rings. The van der Waals surface area contributed by atoms with Gasteiger partial charge in [-0.15, -0.1) is 0 Å². The highest BCUT2D eigenvalue weighted by molar-refractivity contribution is 6.16. The van der Waals surface area contributed by atoms with Crippen LogP contribution in [0.25, 0.3) is 66.4 Å². The number of nitrogens with one attached hydrogen (secondary N) is 1. The molecule has 7 aromatic carbocycles. The van der Waals surface area contributed by atoms with Gasteiger partial charge in [-0.05, 0) is 65.8 Å². The molecule has 2 aromatic heterocycles. The van der Waals surface area contributed by atoms with E-state index >= 15 is 13.2 Å². The van der Waals surface area contributed by atoms with E-state index in [0.717, 1.165) is 55.4 Å². The molecule has 0 amide bonds. The van der Waals surface area contributed by atoms with Crippen molar-refractivity contribution in [2.75, 3.05) is 0 Å². The molecule has 1 N–H and O–H groups in total. The Labute approximate surface area is 361 Å².